The summed E-state index contributed by atoms with van der Waals surface area (Å²) in [6.45, 7) is 6.37. The van der Waals surface area contributed by atoms with E-state index >= 15 is 0 Å². The van der Waals surface area contributed by atoms with Gasteiger partial charge in [0.05, 0.1) is 18.8 Å². The van der Waals surface area contributed by atoms with Gasteiger partial charge in [0.2, 0.25) is 0 Å². The number of amides is 2. The number of nitrogens with one attached hydrogen (secondary N) is 1. The smallest absolute Gasteiger partial charge is 0.318 e. The van der Waals surface area contributed by atoms with Gasteiger partial charge in [-0.2, -0.15) is 0 Å². The first-order valence-corrected chi connectivity index (χ1v) is 9.73. The second-order valence-electron chi connectivity index (χ2n) is 7.44. The molecular formula is C19H29N3O3. The zero-order valence-electron chi connectivity index (χ0n) is 15.1. The second kappa shape index (κ2) is 7.38. The summed E-state index contributed by atoms with van der Waals surface area (Å²) < 4.78 is 11.8. The Bertz CT molecular complexity index is 602. The number of rotatable bonds is 4. The fourth-order valence-electron chi connectivity index (χ4n) is 4.38. The van der Waals surface area contributed by atoms with Gasteiger partial charge >= 0.3 is 6.03 Å². The minimum absolute atomic E-state index is 0.00379. The molecule has 0 bridgehead atoms. The predicted octanol–water partition coefficient (Wildman–Crippen LogP) is 2.55. The molecule has 1 aromatic heterocycles. The molecule has 1 N–H and O–H groups in total. The average Bonchev–Trinajstić information content (AvgIpc) is 3.38. The Morgan fingerprint density at radius 1 is 1.28 bits per heavy atom. The van der Waals surface area contributed by atoms with Crippen LogP contribution in [0.25, 0.3) is 0 Å². The Hall–Kier alpha value is -1.53. The number of furan rings is 1. The Labute approximate surface area is 149 Å². The van der Waals surface area contributed by atoms with Gasteiger partial charge in [-0.05, 0) is 44.4 Å². The molecule has 25 heavy (non-hydrogen) atoms. The van der Waals surface area contributed by atoms with Crippen LogP contribution in [-0.4, -0.2) is 60.8 Å². The molecule has 0 saturated carbocycles. The summed E-state index contributed by atoms with van der Waals surface area (Å²) in [5, 5.41) is 3.09. The maximum absolute atomic E-state index is 12.7. The van der Waals surface area contributed by atoms with Crippen LogP contribution in [0.2, 0.25) is 0 Å². The number of ether oxygens (including phenoxy) is 1. The summed E-state index contributed by atoms with van der Waals surface area (Å²) in [7, 11) is 0. The second-order valence-corrected chi connectivity index (χ2v) is 7.44. The van der Waals surface area contributed by atoms with Crippen LogP contribution in [-0.2, 0) is 11.2 Å². The minimum Gasteiger partial charge on any atom is -0.464 e. The van der Waals surface area contributed by atoms with Crippen molar-refractivity contribution in [3.63, 3.8) is 0 Å². The number of carbonyl (C=O) groups excluding carboxylic acids is 1. The first kappa shape index (κ1) is 16.9. The molecule has 3 aliphatic rings. The molecule has 3 fully saturated rings. The zero-order valence-corrected chi connectivity index (χ0v) is 15.1. The van der Waals surface area contributed by atoms with E-state index in [1.54, 1.807) is 0 Å². The van der Waals surface area contributed by atoms with Crippen LogP contribution in [0.5, 0.6) is 0 Å². The van der Waals surface area contributed by atoms with Crippen LogP contribution in [0.15, 0.2) is 16.5 Å². The number of nitrogens with zero attached hydrogens (tertiary/aromatic N) is 2. The molecular weight excluding hydrogens is 318 g/mol. The van der Waals surface area contributed by atoms with Gasteiger partial charge in [0, 0.05) is 32.1 Å². The van der Waals surface area contributed by atoms with Crippen LogP contribution in [0.1, 0.15) is 50.2 Å². The van der Waals surface area contributed by atoms with E-state index in [-0.39, 0.29) is 18.2 Å². The molecule has 138 valence electrons. The number of likely N-dealkylation sites (tertiary alicyclic amines) is 1. The summed E-state index contributed by atoms with van der Waals surface area (Å²) in [6, 6.07) is 4.71. The quantitative estimate of drug-likeness (QED) is 0.909. The maximum Gasteiger partial charge on any atom is 0.318 e. The highest BCUT2D eigenvalue weighted by Gasteiger charge is 2.34. The number of fused-ring (bicyclic) bond motifs is 1. The Morgan fingerprint density at radius 3 is 3.00 bits per heavy atom. The third kappa shape index (κ3) is 3.55. The monoisotopic (exact) mass is 347 g/mol. The summed E-state index contributed by atoms with van der Waals surface area (Å²) >= 11 is 0. The lowest BCUT2D eigenvalue weighted by Crippen LogP contribution is -2.51. The van der Waals surface area contributed by atoms with E-state index in [2.05, 4.69) is 17.1 Å². The minimum atomic E-state index is 0.00379. The van der Waals surface area contributed by atoms with Crippen LogP contribution in [0, 0.1) is 0 Å². The van der Waals surface area contributed by atoms with E-state index in [1.807, 2.05) is 17.0 Å². The summed E-state index contributed by atoms with van der Waals surface area (Å²) in [4.78, 5) is 17.1. The van der Waals surface area contributed by atoms with Crippen LogP contribution in [0.4, 0.5) is 4.79 Å². The largest absolute Gasteiger partial charge is 0.464 e. The van der Waals surface area contributed by atoms with Gasteiger partial charge in [0.25, 0.3) is 0 Å². The molecule has 2 amide bonds. The molecule has 4 rings (SSSR count). The van der Waals surface area contributed by atoms with Gasteiger partial charge < -0.3 is 19.4 Å². The summed E-state index contributed by atoms with van der Waals surface area (Å²) in [6.07, 6.45) is 5.50. The molecule has 0 spiro atoms. The topological polar surface area (TPSA) is 58.0 Å². The van der Waals surface area contributed by atoms with E-state index in [0.29, 0.717) is 12.6 Å². The van der Waals surface area contributed by atoms with Gasteiger partial charge in [-0.3, -0.25) is 4.90 Å². The predicted molar refractivity (Wildman–Crippen MR) is 94.5 cm³/mol. The first-order valence-electron chi connectivity index (χ1n) is 9.73. The lowest BCUT2D eigenvalue weighted by Gasteiger charge is -2.35. The highest BCUT2D eigenvalue weighted by molar-refractivity contribution is 5.75. The molecule has 4 heterocycles. The van der Waals surface area contributed by atoms with Crippen molar-refractivity contribution >= 4 is 6.03 Å². The summed E-state index contributed by atoms with van der Waals surface area (Å²) in [5.74, 6) is 1.90. The van der Waals surface area contributed by atoms with E-state index in [9.17, 15) is 4.79 Å². The van der Waals surface area contributed by atoms with Gasteiger partial charge in [0.15, 0.2) is 0 Å². The highest BCUT2D eigenvalue weighted by Crippen LogP contribution is 2.33. The Morgan fingerprint density at radius 2 is 2.16 bits per heavy atom. The normalized spacial score (nSPS) is 29.8. The van der Waals surface area contributed by atoms with Crippen molar-refractivity contribution in [3.05, 3.63) is 23.7 Å². The van der Waals surface area contributed by atoms with Gasteiger partial charge in [-0.1, -0.05) is 6.92 Å². The third-order valence-electron chi connectivity index (χ3n) is 5.82. The van der Waals surface area contributed by atoms with Crippen molar-refractivity contribution in [2.45, 2.75) is 57.2 Å². The van der Waals surface area contributed by atoms with Crippen LogP contribution >= 0.6 is 0 Å². The van der Waals surface area contributed by atoms with E-state index in [1.165, 1.54) is 19.4 Å². The number of hydrogen-bond donors (Lipinski definition) is 1. The van der Waals surface area contributed by atoms with E-state index in [0.717, 1.165) is 50.5 Å². The fourth-order valence-corrected chi connectivity index (χ4v) is 4.38. The zero-order chi connectivity index (χ0) is 17.2. The standard InChI is InChI=1S/C19H29N3O3/c1-2-15-7-8-18(25-15)17-6-4-10-22(17)19(23)20-11-16-12-21-9-3-5-14(21)13-24-16/h7-8,14,16-17H,2-6,9-13H2,1H3,(H,20,23)/t14-,16+,17+/m1/s1. The number of aryl methyl sites for hydroxylation is 1. The summed E-state index contributed by atoms with van der Waals surface area (Å²) in [5.41, 5.74) is 0. The van der Waals surface area contributed by atoms with E-state index < -0.39 is 0 Å². The van der Waals surface area contributed by atoms with Gasteiger partial charge in [0.1, 0.15) is 11.5 Å². The van der Waals surface area contributed by atoms with Crippen molar-refractivity contribution in [2.75, 3.05) is 32.8 Å². The molecule has 0 aliphatic carbocycles. The van der Waals surface area contributed by atoms with Crippen molar-refractivity contribution in [3.8, 4) is 0 Å². The number of morpholine rings is 1. The van der Waals surface area contributed by atoms with Crippen molar-refractivity contribution in [1.82, 2.24) is 15.1 Å². The Kier molecular flexibility index (Phi) is 4.99. The molecule has 3 atom stereocenters. The van der Waals surface area contributed by atoms with Crippen molar-refractivity contribution in [2.24, 2.45) is 0 Å². The number of urea groups is 1. The average molecular weight is 347 g/mol. The fraction of sp³-hybridized carbons (Fsp3) is 0.737. The molecule has 3 aliphatic heterocycles. The molecule has 0 aromatic carbocycles. The lowest BCUT2D eigenvalue weighted by atomic mass is 10.1. The third-order valence-corrected chi connectivity index (χ3v) is 5.82. The number of hydrogen-bond acceptors (Lipinski definition) is 4. The SMILES string of the molecule is CCc1ccc([C@@H]2CCCN2C(=O)NC[C@H]2CN3CCC[C@@H]3CO2)o1. The molecule has 3 saturated heterocycles. The lowest BCUT2D eigenvalue weighted by molar-refractivity contribution is -0.0461. The Balaban J connectivity index is 1.31. The molecule has 0 radical (unpaired) electrons. The van der Waals surface area contributed by atoms with E-state index in [4.69, 9.17) is 9.15 Å². The van der Waals surface area contributed by atoms with Crippen LogP contribution < -0.4 is 5.32 Å². The van der Waals surface area contributed by atoms with Gasteiger partial charge in [-0.25, -0.2) is 4.79 Å². The first-order chi connectivity index (χ1) is 12.2. The highest BCUT2D eigenvalue weighted by atomic mass is 16.5. The molecule has 1 aromatic rings. The van der Waals surface area contributed by atoms with Crippen LogP contribution in [0.3, 0.4) is 0 Å². The number of carbonyl (C=O) groups is 1. The van der Waals surface area contributed by atoms with Crippen molar-refractivity contribution < 1.29 is 13.9 Å². The van der Waals surface area contributed by atoms with Crippen molar-refractivity contribution in [1.29, 1.82) is 0 Å². The molecule has 6 nitrogen and oxygen atoms in total. The molecule has 6 heteroatoms. The maximum atomic E-state index is 12.7. The molecule has 0 unspecified atom stereocenters. The van der Waals surface area contributed by atoms with Gasteiger partial charge in [-0.15, -0.1) is 0 Å².